The van der Waals surface area contributed by atoms with Crippen molar-refractivity contribution >= 4 is 11.3 Å². The Morgan fingerprint density at radius 1 is 1.06 bits per heavy atom. The summed E-state index contributed by atoms with van der Waals surface area (Å²) in [6, 6.07) is 14.1. The molecule has 1 aliphatic carbocycles. The largest absolute Gasteiger partial charge is 0.317 e. The maximum absolute atomic E-state index is 15.4. The lowest BCUT2D eigenvalue weighted by Crippen LogP contribution is -2.49. The minimum atomic E-state index is -1.06. The van der Waals surface area contributed by atoms with Crippen LogP contribution in [0.2, 0.25) is 0 Å². The van der Waals surface area contributed by atoms with Gasteiger partial charge in [-0.25, -0.2) is 4.39 Å². The van der Waals surface area contributed by atoms with E-state index in [0.29, 0.717) is 36.9 Å². The summed E-state index contributed by atoms with van der Waals surface area (Å²) in [6.45, 7) is 5.67. The number of hydrogen-bond acceptors (Lipinski definition) is 5. The molecule has 4 nitrogen and oxygen atoms in total. The first-order chi connectivity index (χ1) is 16.6. The van der Waals surface area contributed by atoms with Crippen molar-refractivity contribution in [2.75, 3.05) is 39.3 Å². The number of halogens is 1. The second-order valence-corrected chi connectivity index (χ2v) is 11.2. The van der Waals surface area contributed by atoms with E-state index < -0.39 is 5.67 Å². The number of likely N-dealkylation sites (tertiary alicyclic amines) is 1. The molecular formula is C28H33FN4S. The van der Waals surface area contributed by atoms with Gasteiger partial charge in [-0.05, 0) is 87.5 Å². The summed E-state index contributed by atoms with van der Waals surface area (Å²) in [4.78, 5) is 4.87. The lowest BCUT2D eigenvalue weighted by Gasteiger charge is -2.38. The number of hydrogen-bond donors (Lipinski definition) is 2. The normalized spacial score (nSPS) is 24.7. The van der Waals surface area contributed by atoms with E-state index in [0.717, 1.165) is 55.5 Å². The SMILES string of the molecule is N#Cc1ccc(C#Cc2ccc(C3CC3NCC3(F)CCN(CC4CCNCC4)CC3)s2)cc1. The molecule has 3 fully saturated rings. The van der Waals surface area contributed by atoms with Crippen molar-refractivity contribution in [3.05, 3.63) is 57.3 Å². The first-order valence-corrected chi connectivity index (χ1v) is 13.4. The Morgan fingerprint density at radius 3 is 2.53 bits per heavy atom. The molecule has 1 saturated carbocycles. The van der Waals surface area contributed by atoms with E-state index >= 15 is 4.39 Å². The lowest BCUT2D eigenvalue weighted by atomic mass is 9.91. The van der Waals surface area contributed by atoms with Gasteiger partial charge < -0.3 is 15.5 Å². The minimum absolute atomic E-state index is 0.387. The molecule has 0 amide bonds. The predicted octanol–water partition coefficient (Wildman–Crippen LogP) is 4.27. The van der Waals surface area contributed by atoms with Crippen molar-refractivity contribution in [2.24, 2.45) is 5.92 Å². The van der Waals surface area contributed by atoms with Crippen LogP contribution in [-0.2, 0) is 0 Å². The molecule has 0 bridgehead atoms. The monoisotopic (exact) mass is 476 g/mol. The smallest absolute Gasteiger partial charge is 0.125 e. The van der Waals surface area contributed by atoms with E-state index in [4.69, 9.17) is 5.26 Å². The molecule has 2 aliphatic heterocycles. The fraction of sp³-hybridized carbons (Fsp3) is 0.536. The molecule has 3 heterocycles. The van der Waals surface area contributed by atoms with Gasteiger partial charge in [-0.1, -0.05) is 11.8 Å². The Morgan fingerprint density at radius 2 is 1.79 bits per heavy atom. The second kappa shape index (κ2) is 10.6. The van der Waals surface area contributed by atoms with Crippen LogP contribution in [0.3, 0.4) is 0 Å². The third kappa shape index (κ3) is 6.06. The lowest BCUT2D eigenvalue weighted by molar-refractivity contribution is 0.0484. The molecular weight excluding hydrogens is 443 g/mol. The Hall–Kier alpha value is -2.22. The Kier molecular flexibility index (Phi) is 7.32. The van der Waals surface area contributed by atoms with Crippen LogP contribution in [0.15, 0.2) is 36.4 Å². The summed E-state index contributed by atoms with van der Waals surface area (Å²) < 4.78 is 15.4. The first kappa shape index (κ1) is 23.5. The zero-order valence-corrected chi connectivity index (χ0v) is 20.5. The Labute approximate surface area is 206 Å². The summed E-state index contributed by atoms with van der Waals surface area (Å²) in [5, 5.41) is 15.9. The van der Waals surface area contributed by atoms with Gasteiger partial charge in [0.15, 0.2) is 0 Å². The topological polar surface area (TPSA) is 51.1 Å². The van der Waals surface area contributed by atoms with Crippen molar-refractivity contribution in [1.29, 1.82) is 5.26 Å². The molecule has 3 aliphatic rings. The summed E-state index contributed by atoms with van der Waals surface area (Å²) >= 11 is 1.74. The summed E-state index contributed by atoms with van der Waals surface area (Å²) in [6.07, 6.45) is 4.90. The van der Waals surface area contributed by atoms with Crippen molar-refractivity contribution < 1.29 is 4.39 Å². The molecule has 34 heavy (non-hydrogen) atoms. The molecule has 178 valence electrons. The number of thiophene rings is 1. The van der Waals surface area contributed by atoms with Crippen molar-refractivity contribution in [3.8, 4) is 17.9 Å². The highest BCUT2D eigenvalue weighted by Crippen LogP contribution is 2.44. The second-order valence-electron chi connectivity index (χ2n) is 10.1. The molecule has 2 aromatic rings. The van der Waals surface area contributed by atoms with Crippen LogP contribution in [-0.4, -0.2) is 55.9 Å². The third-order valence-electron chi connectivity index (χ3n) is 7.54. The standard InChI is InChI=1S/C28H33FN4S/c29-28(11-15-33(16-12-28)19-23-9-13-31-14-10-23)20-32-26-17-25(26)27-8-7-24(34-27)6-5-21-1-3-22(18-30)4-2-21/h1-4,7-8,23,25-26,31-32H,9-17,19-20H2. The van der Waals surface area contributed by atoms with E-state index in [-0.39, 0.29) is 0 Å². The van der Waals surface area contributed by atoms with Crippen molar-refractivity contribution in [1.82, 2.24) is 15.5 Å². The number of piperidine rings is 2. The number of nitrogens with zero attached hydrogens (tertiary/aromatic N) is 2. The van der Waals surface area contributed by atoms with E-state index in [2.05, 4.69) is 45.6 Å². The number of benzene rings is 1. The van der Waals surface area contributed by atoms with Gasteiger partial charge in [0, 0.05) is 48.6 Å². The van der Waals surface area contributed by atoms with E-state index in [9.17, 15) is 0 Å². The molecule has 2 saturated heterocycles. The molecule has 1 aromatic heterocycles. The average molecular weight is 477 g/mol. The highest BCUT2D eigenvalue weighted by molar-refractivity contribution is 7.12. The minimum Gasteiger partial charge on any atom is -0.317 e. The van der Waals surface area contributed by atoms with Crippen LogP contribution >= 0.6 is 11.3 Å². The maximum atomic E-state index is 15.4. The predicted molar refractivity (Wildman–Crippen MR) is 136 cm³/mol. The number of nitrogens with one attached hydrogen (secondary N) is 2. The molecule has 0 spiro atoms. The zero-order valence-electron chi connectivity index (χ0n) is 19.7. The van der Waals surface area contributed by atoms with E-state index in [1.54, 1.807) is 23.5 Å². The van der Waals surface area contributed by atoms with Gasteiger partial charge in [0.25, 0.3) is 0 Å². The van der Waals surface area contributed by atoms with Gasteiger partial charge in [-0.3, -0.25) is 0 Å². The van der Waals surface area contributed by atoms with Crippen LogP contribution in [0.5, 0.6) is 0 Å². The van der Waals surface area contributed by atoms with E-state index in [1.165, 1.54) is 17.7 Å². The van der Waals surface area contributed by atoms with Crippen LogP contribution in [0.25, 0.3) is 0 Å². The number of alkyl halides is 1. The zero-order chi connectivity index (χ0) is 23.4. The van der Waals surface area contributed by atoms with Crippen LogP contribution in [0, 0.1) is 29.1 Å². The molecule has 2 N–H and O–H groups in total. The van der Waals surface area contributed by atoms with Gasteiger partial charge in [0.1, 0.15) is 5.67 Å². The fourth-order valence-corrected chi connectivity index (χ4v) is 6.21. The van der Waals surface area contributed by atoms with Gasteiger partial charge in [-0.2, -0.15) is 5.26 Å². The van der Waals surface area contributed by atoms with Crippen LogP contribution in [0.4, 0.5) is 4.39 Å². The van der Waals surface area contributed by atoms with Gasteiger partial charge >= 0.3 is 0 Å². The van der Waals surface area contributed by atoms with E-state index in [1.807, 2.05) is 12.1 Å². The number of rotatable bonds is 6. The van der Waals surface area contributed by atoms with Crippen LogP contribution < -0.4 is 10.6 Å². The highest BCUT2D eigenvalue weighted by Gasteiger charge is 2.42. The molecule has 5 rings (SSSR count). The Bertz CT molecular complexity index is 1060. The summed E-state index contributed by atoms with van der Waals surface area (Å²) in [5.74, 6) is 7.68. The molecule has 1 aromatic carbocycles. The summed E-state index contributed by atoms with van der Waals surface area (Å²) in [5.41, 5.74) is 0.495. The molecule has 0 radical (unpaired) electrons. The molecule has 2 unspecified atom stereocenters. The third-order valence-corrected chi connectivity index (χ3v) is 8.67. The molecule has 6 heteroatoms. The maximum Gasteiger partial charge on any atom is 0.125 e. The van der Waals surface area contributed by atoms with Gasteiger partial charge in [0.2, 0.25) is 0 Å². The van der Waals surface area contributed by atoms with Crippen LogP contribution in [0.1, 0.15) is 58.9 Å². The average Bonchev–Trinajstić information content (AvgIpc) is 3.51. The highest BCUT2D eigenvalue weighted by atomic mass is 32.1. The van der Waals surface area contributed by atoms with Gasteiger partial charge in [0.05, 0.1) is 16.5 Å². The Balaban J connectivity index is 1.06. The fourth-order valence-electron chi connectivity index (χ4n) is 5.17. The quantitative estimate of drug-likeness (QED) is 0.612. The van der Waals surface area contributed by atoms with Gasteiger partial charge in [-0.15, -0.1) is 11.3 Å². The van der Waals surface area contributed by atoms with Crippen molar-refractivity contribution in [3.63, 3.8) is 0 Å². The molecule has 2 atom stereocenters. The van der Waals surface area contributed by atoms with Crippen molar-refractivity contribution in [2.45, 2.75) is 49.7 Å². The first-order valence-electron chi connectivity index (χ1n) is 12.6. The number of nitriles is 1. The summed E-state index contributed by atoms with van der Waals surface area (Å²) in [7, 11) is 0.